The van der Waals surface area contributed by atoms with E-state index in [1.54, 1.807) is 13.8 Å². The highest BCUT2D eigenvalue weighted by molar-refractivity contribution is 7.89. The van der Waals surface area contributed by atoms with Crippen LogP contribution in [0, 0.1) is 13.8 Å². The molecule has 29 heavy (non-hydrogen) atoms. The Kier molecular flexibility index (Phi) is 7.01. The first-order valence-corrected chi connectivity index (χ1v) is 10.7. The molecular weight excluding hydrogens is 444 g/mol. The molecule has 1 aromatic carbocycles. The fourth-order valence-electron chi connectivity index (χ4n) is 2.29. The molecule has 1 aromatic heterocycles. The van der Waals surface area contributed by atoms with Crippen molar-refractivity contribution in [1.82, 2.24) is 0 Å². The fraction of sp³-hybridized carbons (Fsp3) is 0.235. The van der Waals surface area contributed by atoms with Crippen LogP contribution in [0.4, 0.5) is 5.00 Å². The van der Waals surface area contributed by atoms with E-state index in [-0.39, 0.29) is 21.2 Å². The Morgan fingerprint density at radius 2 is 1.86 bits per heavy atom. The summed E-state index contributed by atoms with van der Waals surface area (Å²) in [6, 6.07) is 3.37. The molecule has 0 spiro atoms. The zero-order valence-corrected chi connectivity index (χ0v) is 18.0. The molecule has 2 aromatic rings. The third kappa shape index (κ3) is 5.32. The van der Waals surface area contributed by atoms with Gasteiger partial charge in [-0.2, -0.15) is 0 Å². The summed E-state index contributed by atoms with van der Waals surface area (Å²) in [4.78, 5) is 36.6. The summed E-state index contributed by atoms with van der Waals surface area (Å²) >= 11 is 6.94. The molecule has 0 aliphatic heterocycles. The van der Waals surface area contributed by atoms with E-state index in [0.29, 0.717) is 5.56 Å². The minimum absolute atomic E-state index is 0.149. The van der Waals surface area contributed by atoms with Crippen molar-refractivity contribution < 1.29 is 32.3 Å². The largest absolute Gasteiger partial charge is 0.465 e. The molecule has 0 unspecified atom stereocenters. The van der Waals surface area contributed by atoms with Crippen LogP contribution in [0.2, 0.25) is 5.02 Å². The van der Waals surface area contributed by atoms with Crippen LogP contribution in [-0.2, 0) is 24.3 Å². The van der Waals surface area contributed by atoms with Crippen LogP contribution in [0.5, 0.6) is 0 Å². The van der Waals surface area contributed by atoms with Crippen LogP contribution in [0.3, 0.4) is 0 Å². The molecule has 0 atom stereocenters. The van der Waals surface area contributed by atoms with E-state index in [0.717, 1.165) is 10.9 Å². The number of aryl methyl sites for hydroxylation is 1. The number of nitrogens with two attached hydrogens (primary N) is 1. The van der Waals surface area contributed by atoms with E-state index in [9.17, 15) is 22.8 Å². The summed E-state index contributed by atoms with van der Waals surface area (Å²) in [5, 5.41) is 7.66. The van der Waals surface area contributed by atoms with E-state index in [2.05, 4.69) is 5.32 Å². The van der Waals surface area contributed by atoms with Crippen LogP contribution in [-0.4, -0.2) is 40.0 Å². The maximum absolute atomic E-state index is 12.1. The Hall–Kier alpha value is -2.47. The van der Waals surface area contributed by atoms with Crippen molar-refractivity contribution in [2.75, 3.05) is 19.0 Å². The molecule has 0 bridgehead atoms. The number of sulfonamides is 1. The SMILES string of the molecule is COC(=O)c1c(NC(=O)COC(=O)c2ccc(Cl)c(S(N)(=O)=O)c2)sc(C)c1C. The average molecular weight is 461 g/mol. The van der Waals surface area contributed by atoms with Crippen LogP contribution in [0.25, 0.3) is 0 Å². The van der Waals surface area contributed by atoms with Gasteiger partial charge in [0.05, 0.1) is 23.3 Å². The van der Waals surface area contributed by atoms with Gasteiger partial charge in [0, 0.05) is 4.88 Å². The number of esters is 2. The van der Waals surface area contributed by atoms with Gasteiger partial charge in [0.25, 0.3) is 5.91 Å². The van der Waals surface area contributed by atoms with Crippen molar-refractivity contribution in [1.29, 1.82) is 0 Å². The zero-order chi connectivity index (χ0) is 21.9. The van der Waals surface area contributed by atoms with Gasteiger partial charge in [-0.15, -0.1) is 11.3 Å². The monoisotopic (exact) mass is 460 g/mol. The van der Waals surface area contributed by atoms with Crippen molar-refractivity contribution in [2.24, 2.45) is 5.14 Å². The van der Waals surface area contributed by atoms with Gasteiger partial charge in [-0.3, -0.25) is 4.79 Å². The van der Waals surface area contributed by atoms with Gasteiger partial charge in [-0.05, 0) is 37.6 Å². The van der Waals surface area contributed by atoms with Gasteiger partial charge in [-0.1, -0.05) is 11.6 Å². The van der Waals surface area contributed by atoms with Crippen molar-refractivity contribution in [2.45, 2.75) is 18.7 Å². The highest BCUT2D eigenvalue weighted by atomic mass is 35.5. The Morgan fingerprint density at radius 3 is 2.45 bits per heavy atom. The van der Waals surface area contributed by atoms with E-state index < -0.39 is 39.4 Å². The van der Waals surface area contributed by atoms with Gasteiger partial charge < -0.3 is 14.8 Å². The van der Waals surface area contributed by atoms with Gasteiger partial charge in [0.1, 0.15) is 9.90 Å². The number of carbonyl (C=O) groups excluding carboxylic acids is 3. The Balaban J connectivity index is 2.10. The number of anilines is 1. The summed E-state index contributed by atoms with van der Waals surface area (Å²) in [5.41, 5.74) is 0.750. The van der Waals surface area contributed by atoms with Gasteiger partial charge in [0.2, 0.25) is 10.0 Å². The number of rotatable bonds is 6. The summed E-state index contributed by atoms with van der Waals surface area (Å²) in [6.07, 6.45) is 0. The average Bonchev–Trinajstić information content (AvgIpc) is 2.92. The quantitative estimate of drug-likeness (QED) is 0.629. The molecule has 0 aliphatic carbocycles. The number of amides is 1. The fourth-order valence-corrected chi connectivity index (χ4v) is 4.42. The van der Waals surface area contributed by atoms with Crippen LogP contribution in [0.15, 0.2) is 23.1 Å². The molecule has 156 valence electrons. The molecule has 3 N–H and O–H groups in total. The van der Waals surface area contributed by atoms with Crippen molar-refractivity contribution in [3.63, 3.8) is 0 Å². The normalized spacial score (nSPS) is 11.1. The first kappa shape index (κ1) is 22.8. The Labute approximate surface area is 175 Å². The number of primary sulfonamides is 1. The van der Waals surface area contributed by atoms with E-state index in [1.807, 2.05) is 0 Å². The lowest BCUT2D eigenvalue weighted by Gasteiger charge is -2.08. The lowest BCUT2D eigenvalue weighted by Crippen LogP contribution is -2.22. The van der Waals surface area contributed by atoms with Crippen LogP contribution >= 0.6 is 22.9 Å². The predicted octanol–water partition coefficient (Wildman–Crippen LogP) is 2.25. The van der Waals surface area contributed by atoms with Gasteiger partial charge in [0.15, 0.2) is 6.61 Å². The third-order valence-electron chi connectivity index (χ3n) is 3.84. The number of thiophene rings is 1. The smallest absolute Gasteiger partial charge is 0.341 e. The minimum Gasteiger partial charge on any atom is -0.465 e. The van der Waals surface area contributed by atoms with Crippen molar-refractivity contribution in [3.05, 3.63) is 44.8 Å². The Bertz CT molecular complexity index is 1090. The number of methoxy groups -OCH3 is 1. The minimum atomic E-state index is -4.14. The topological polar surface area (TPSA) is 142 Å². The number of hydrogen-bond donors (Lipinski definition) is 2. The zero-order valence-electron chi connectivity index (χ0n) is 15.6. The first-order valence-electron chi connectivity index (χ1n) is 7.93. The first-order chi connectivity index (χ1) is 13.5. The van der Waals surface area contributed by atoms with Crippen molar-refractivity contribution >= 4 is 55.8 Å². The maximum atomic E-state index is 12.1. The molecule has 0 aliphatic rings. The third-order valence-corrected chi connectivity index (χ3v) is 6.35. The van der Waals surface area contributed by atoms with E-state index in [1.165, 1.54) is 30.6 Å². The molecular formula is C17H17ClN2O7S2. The second-order valence-electron chi connectivity index (χ2n) is 5.79. The second kappa shape index (κ2) is 8.91. The summed E-state index contributed by atoms with van der Waals surface area (Å²) in [6.45, 7) is 2.84. The molecule has 1 amide bonds. The lowest BCUT2D eigenvalue weighted by atomic mass is 10.1. The number of ether oxygens (including phenoxy) is 2. The molecule has 0 saturated carbocycles. The molecule has 2 rings (SSSR count). The maximum Gasteiger partial charge on any atom is 0.341 e. The molecule has 12 heteroatoms. The summed E-state index contributed by atoms with van der Waals surface area (Å²) in [5.74, 6) is -2.24. The standard InChI is InChI=1S/C17H17ClN2O7S2/c1-8-9(2)28-15(14(8)17(23)26-3)20-13(21)7-27-16(22)10-4-5-11(18)12(6-10)29(19,24)25/h4-6H,7H2,1-3H3,(H,20,21)(H2,19,24,25). The number of benzene rings is 1. The summed E-state index contributed by atoms with van der Waals surface area (Å²) < 4.78 is 32.6. The number of nitrogens with one attached hydrogen (secondary N) is 1. The molecule has 0 saturated heterocycles. The molecule has 9 nitrogen and oxygen atoms in total. The second-order valence-corrected chi connectivity index (χ2v) is 8.96. The molecule has 0 radical (unpaired) electrons. The van der Waals surface area contributed by atoms with Crippen molar-refractivity contribution in [3.8, 4) is 0 Å². The highest BCUT2D eigenvalue weighted by Crippen LogP contribution is 2.32. The number of hydrogen-bond acceptors (Lipinski definition) is 8. The lowest BCUT2D eigenvalue weighted by molar-refractivity contribution is -0.119. The molecule has 1 heterocycles. The van der Waals surface area contributed by atoms with Crippen LogP contribution in [0.1, 0.15) is 31.2 Å². The van der Waals surface area contributed by atoms with Gasteiger partial charge >= 0.3 is 11.9 Å². The van der Waals surface area contributed by atoms with E-state index >= 15 is 0 Å². The van der Waals surface area contributed by atoms with Crippen LogP contribution < -0.4 is 10.5 Å². The van der Waals surface area contributed by atoms with Gasteiger partial charge in [-0.25, -0.2) is 23.1 Å². The number of carbonyl (C=O) groups is 3. The number of halogens is 1. The van der Waals surface area contributed by atoms with E-state index in [4.69, 9.17) is 26.2 Å². The predicted molar refractivity (Wildman–Crippen MR) is 107 cm³/mol. The Morgan fingerprint density at radius 1 is 1.21 bits per heavy atom. The highest BCUT2D eigenvalue weighted by Gasteiger charge is 2.22. The summed E-state index contributed by atoms with van der Waals surface area (Å²) in [7, 11) is -2.91. The molecule has 0 fully saturated rings.